The van der Waals surface area contributed by atoms with Crippen LogP contribution in [0.5, 0.6) is 0 Å². The first-order valence-corrected chi connectivity index (χ1v) is 5.26. The third-order valence-electron chi connectivity index (χ3n) is 1.93. The van der Waals surface area contributed by atoms with E-state index in [0.29, 0.717) is 0 Å². The molecule has 0 spiro atoms. The highest BCUT2D eigenvalue weighted by atomic mass is 32.2. The second-order valence-electron chi connectivity index (χ2n) is 2.95. The Morgan fingerprint density at radius 2 is 2.43 bits per heavy atom. The lowest BCUT2D eigenvalue weighted by Crippen LogP contribution is -1.88. The topological polar surface area (TPSA) is 54.7 Å². The number of nitrogen functional groups attached to an aromatic ring is 1. The molecule has 0 fully saturated rings. The van der Waals surface area contributed by atoms with Gasteiger partial charge in [-0.2, -0.15) is 5.10 Å². The predicted molar refractivity (Wildman–Crippen MR) is 61.4 cm³/mol. The highest BCUT2D eigenvalue weighted by Crippen LogP contribution is 2.28. The Kier molecular flexibility index (Phi) is 2.45. The summed E-state index contributed by atoms with van der Waals surface area (Å²) in [6, 6.07) is 3.95. The van der Waals surface area contributed by atoms with Crippen molar-refractivity contribution in [1.29, 1.82) is 0 Å². The van der Waals surface area contributed by atoms with Crippen molar-refractivity contribution in [3.8, 4) is 0 Å². The first-order valence-electron chi connectivity index (χ1n) is 4.27. The van der Waals surface area contributed by atoms with Crippen LogP contribution in [0.25, 0.3) is 10.9 Å². The van der Waals surface area contributed by atoms with Crippen molar-refractivity contribution in [3.05, 3.63) is 31.0 Å². The average molecular weight is 205 g/mol. The standard InChI is InChI=1S/C10H11N3S/c1-2-3-14-10-5-9-7(4-8(10)11)6-12-13-9/h2,4-6H,1,3,11H2,(H,12,13). The van der Waals surface area contributed by atoms with E-state index in [1.54, 1.807) is 18.0 Å². The van der Waals surface area contributed by atoms with Crippen molar-refractivity contribution in [2.45, 2.75) is 4.90 Å². The zero-order valence-corrected chi connectivity index (χ0v) is 8.47. The van der Waals surface area contributed by atoms with Crippen LogP contribution in [0.15, 0.2) is 35.9 Å². The zero-order chi connectivity index (χ0) is 9.97. The molecule has 0 amide bonds. The third kappa shape index (κ3) is 1.61. The van der Waals surface area contributed by atoms with Crippen molar-refractivity contribution in [3.63, 3.8) is 0 Å². The predicted octanol–water partition coefficient (Wildman–Crippen LogP) is 2.42. The number of hydrogen-bond donors (Lipinski definition) is 2. The smallest absolute Gasteiger partial charge is 0.0662 e. The van der Waals surface area contributed by atoms with Gasteiger partial charge in [-0.3, -0.25) is 5.10 Å². The molecule has 0 saturated heterocycles. The molecular weight excluding hydrogens is 194 g/mol. The number of nitrogens with zero attached hydrogens (tertiary/aromatic N) is 1. The Morgan fingerprint density at radius 3 is 3.21 bits per heavy atom. The summed E-state index contributed by atoms with van der Waals surface area (Å²) in [5.74, 6) is 0.865. The molecule has 0 saturated carbocycles. The molecule has 0 radical (unpaired) electrons. The molecule has 0 aliphatic carbocycles. The fraction of sp³-hybridized carbons (Fsp3) is 0.100. The normalized spacial score (nSPS) is 10.6. The van der Waals surface area contributed by atoms with Crippen LogP contribution in [0.4, 0.5) is 5.69 Å². The van der Waals surface area contributed by atoms with Gasteiger partial charge in [0.15, 0.2) is 0 Å². The van der Waals surface area contributed by atoms with Gasteiger partial charge in [0.25, 0.3) is 0 Å². The van der Waals surface area contributed by atoms with E-state index in [1.807, 2.05) is 18.2 Å². The number of benzene rings is 1. The second kappa shape index (κ2) is 3.75. The lowest BCUT2D eigenvalue weighted by molar-refractivity contribution is 1.12. The summed E-state index contributed by atoms with van der Waals surface area (Å²) in [4.78, 5) is 1.07. The highest BCUT2D eigenvalue weighted by Gasteiger charge is 2.03. The van der Waals surface area contributed by atoms with Gasteiger partial charge in [-0.25, -0.2) is 0 Å². The Balaban J connectivity index is 2.42. The Hall–Kier alpha value is -1.42. The van der Waals surface area contributed by atoms with Crippen LogP contribution < -0.4 is 5.73 Å². The van der Waals surface area contributed by atoms with Gasteiger partial charge in [-0.1, -0.05) is 6.08 Å². The molecule has 3 nitrogen and oxygen atoms in total. The molecule has 0 aliphatic rings. The van der Waals surface area contributed by atoms with Crippen molar-refractivity contribution in [2.75, 3.05) is 11.5 Å². The van der Waals surface area contributed by atoms with Crippen LogP contribution in [0.1, 0.15) is 0 Å². The number of rotatable bonds is 3. The molecule has 3 N–H and O–H groups in total. The number of nitrogens with two attached hydrogens (primary N) is 1. The molecule has 0 unspecified atom stereocenters. The number of hydrogen-bond acceptors (Lipinski definition) is 3. The van der Waals surface area contributed by atoms with Crippen LogP contribution >= 0.6 is 11.8 Å². The maximum Gasteiger partial charge on any atom is 0.0662 e. The summed E-state index contributed by atoms with van der Waals surface area (Å²) in [5, 5.41) is 7.92. The van der Waals surface area contributed by atoms with E-state index in [-0.39, 0.29) is 0 Å². The minimum Gasteiger partial charge on any atom is -0.398 e. The fourth-order valence-corrected chi connectivity index (χ4v) is 1.99. The van der Waals surface area contributed by atoms with Crippen LogP contribution in [0.3, 0.4) is 0 Å². The fourth-order valence-electron chi connectivity index (χ4n) is 1.26. The molecule has 4 heteroatoms. The summed E-state index contributed by atoms with van der Waals surface area (Å²) in [6.07, 6.45) is 3.63. The van der Waals surface area contributed by atoms with E-state index < -0.39 is 0 Å². The summed E-state index contributed by atoms with van der Waals surface area (Å²) in [7, 11) is 0. The highest BCUT2D eigenvalue weighted by molar-refractivity contribution is 7.99. The monoisotopic (exact) mass is 205 g/mol. The molecule has 14 heavy (non-hydrogen) atoms. The molecule has 0 atom stereocenters. The van der Waals surface area contributed by atoms with E-state index in [4.69, 9.17) is 5.73 Å². The van der Waals surface area contributed by atoms with Gasteiger partial charge in [0.05, 0.1) is 11.7 Å². The second-order valence-corrected chi connectivity index (χ2v) is 4.01. The number of aromatic amines is 1. The SMILES string of the molecule is C=CCSc1cc2[nH]ncc2cc1N. The Morgan fingerprint density at radius 1 is 1.57 bits per heavy atom. The largest absolute Gasteiger partial charge is 0.398 e. The maximum atomic E-state index is 5.89. The van der Waals surface area contributed by atoms with Crippen molar-refractivity contribution < 1.29 is 0 Å². The molecule has 1 aromatic heterocycles. The first-order chi connectivity index (χ1) is 6.81. The van der Waals surface area contributed by atoms with Crippen molar-refractivity contribution in [1.82, 2.24) is 10.2 Å². The Labute approximate surface area is 86.4 Å². The molecule has 1 heterocycles. The number of H-pyrrole nitrogens is 1. The average Bonchev–Trinajstić information content (AvgIpc) is 2.61. The number of nitrogens with one attached hydrogen (secondary N) is 1. The summed E-state index contributed by atoms with van der Waals surface area (Å²) < 4.78 is 0. The van der Waals surface area contributed by atoms with Crippen molar-refractivity contribution >= 4 is 28.4 Å². The van der Waals surface area contributed by atoms with E-state index in [1.165, 1.54) is 0 Å². The minimum absolute atomic E-state index is 0.797. The van der Waals surface area contributed by atoms with Gasteiger partial charge >= 0.3 is 0 Å². The lowest BCUT2D eigenvalue weighted by atomic mass is 10.2. The van der Waals surface area contributed by atoms with Crippen LogP contribution in [0.2, 0.25) is 0 Å². The van der Waals surface area contributed by atoms with Gasteiger partial charge in [-0.05, 0) is 12.1 Å². The molecule has 2 rings (SSSR count). The summed E-state index contributed by atoms with van der Waals surface area (Å²) in [5.41, 5.74) is 7.71. The summed E-state index contributed by atoms with van der Waals surface area (Å²) in [6.45, 7) is 3.68. The van der Waals surface area contributed by atoms with Gasteiger partial charge in [0, 0.05) is 21.7 Å². The minimum atomic E-state index is 0.797. The zero-order valence-electron chi connectivity index (χ0n) is 7.66. The Bertz CT molecular complexity index is 461. The number of aromatic nitrogens is 2. The molecule has 0 bridgehead atoms. The molecule has 0 aliphatic heterocycles. The van der Waals surface area contributed by atoms with E-state index in [0.717, 1.165) is 27.2 Å². The summed E-state index contributed by atoms with van der Waals surface area (Å²) >= 11 is 1.67. The molecular formula is C10H11N3S. The van der Waals surface area contributed by atoms with E-state index >= 15 is 0 Å². The molecule has 1 aromatic carbocycles. The number of fused-ring (bicyclic) bond motifs is 1. The maximum absolute atomic E-state index is 5.89. The third-order valence-corrected chi connectivity index (χ3v) is 2.99. The lowest BCUT2D eigenvalue weighted by Gasteiger charge is -2.03. The van der Waals surface area contributed by atoms with Crippen LogP contribution in [-0.4, -0.2) is 16.0 Å². The van der Waals surface area contributed by atoms with Crippen molar-refractivity contribution in [2.24, 2.45) is 0 Å². The van der Waals surface area contributed by atoms with Gasteiger partial charge < -0.3 is 5.73 Å². The van der Waals surface area contributed by atoms with E-state index in [2.05, 4.69) is 16.8 Å². The van der Waals surface area contributed by atoms with Gasteiger partial charge in [-0.15, -0.1) is 18.3 Å². The number of thioether (sulfide) groups is 1. The van der Waals surface area contributed by atoms with Crippen LogP contribution in [0, 0.1) is 0 Å². The number of anilines is 1. The van der Waals surface area contributed by atoms with E-state index in [9.17, 15) is 0 Å². The quantitative estimate of drug-likeness (QED) is 0.459. The van der Waals surface area contributed by atoms with Crippen LogP contribution in [-0.2, 0) is 0 Å². The molecule has 72 valence electrons. The first kappa shape index (κ1) is 9.15. The van der Waals surface area contributed by atoms with Gasteiger partial charge in [0.1, 0.15) is 0 Å². The molecule has 2 aromatic rings. The van der Waals surface area contributed by atoms with Gasteiger partial charge in [0.2, 0.25) is 0 Å².